The average Bonchev–Trinajstić information content (AvgIpc) is 3.28. The molecule has 6 nitrogen and oxygen atoms in total. The molecule has 4 aromatic rings. The van der Waals surface area contributed by atoms with Gasteiger partial charge in [-0.25, -0.2) is 4.98 Å². The SMILES string of the molecule is CC(=O)N(c1ccccc1)c1cccc2c1Cc1c-2[nH]c(=O)c2nccn12. The van der Waals surface area contributed by atoms with Gasteiger partial charge in [0, 0.05) is 37.0 Å². The largest absolute Gasteiger partial charge is 0.317 e. The van der Waals surface area contributed by atoms with E-state index in [-0.39, 0.29) is 11.5 Å². The minimum Gasteiger partial charge on any atom is -0.317 e. The molecule has 0 atom stereocenters. The number of anilines is 2. The third kappa shape index (κ3) is 2.23. The summed E-state index contributed by atoms with van der Waals surface area (Å²) in [4.78, 5) is 33.7. The van der Waals surface area contributed by atoms with E-state index >= 15 is 0 Å². The lowest BCUT2D eigenvalue weighted by Crippen LogP contribution is -2.23. The summed E-state index contributed by atoms with van der Waals surface area (Å²) in [5.41, 5.74) is 5.53. The molecule has 1 amide bonds. The zero-order chi connectivity index (χ0) is 18.5. The first kappa shape index (κ1) is 15.6. The predicted octanol–water partition coefficient (Wildman–Crippen LogP) is 3.28. The number of para-hydroxylation sites is 1. The predicted molar refractivity (Wildman–Crippen MR) is 103 cm³/mol. The van der Waals surface area contributed by atoms with Crippen LogP contribution in [0.25, 0.3) is 16.9 Å². The highest BCUT2D eigenvalue weighted by Crippen LogP contribution is 2.41. The van der Waals surface area contributed by atoms with Crippen LogP contribution in [-0.4, -0.2) is 20.3 Å². The molecule has 0 unspecified atom stereocenters. The molecule has 2 heterocycles. The van der Waals surface area contributed by atoms with Crippen LogP contribution in [0.2, 0.25) is 0 Å². The minimum absolute atomic E-state index is 0.0631. The summed E-state index contributed by atoms with van der Waals surface area (Å²) in [5, 5.41) is 0. The van der Waals surface area contributed by atoms with Crippen LogP contribution in [0.15, 0.2) is 65.7 Å². The van der Waals surface area contributed by atoms with Crippen LogP contribution in [-0.2, 0) is 11.2 Å². The van der Waals surface area contributed by atoms with Crippen molar-refractivity contribution >= 4 is 22.9 Å². The fourth-order valence-corrected chi connectivity index (χ4v) is 3.89. The molecule has 0 bridgehead atoms. The van der Waals surface area contributed by atoms with E-state index in [0.29, 0.717) is 12.1 Å². The molecular weight excluding hydrogens is 340 g/mol. The Balaban J connectivity index is 1.74. The van der Waals surface area contributed by atoms with Crippen molar-refractivity contribution in [2.24, 2.45) is 0 Å². The number of carbonyl (C=O) groups excluding carboxylic acids is 1. The number of rotatable bonds is 2. The summed E-state index contributed by atoms with van der Waals surface area (Å²) in [6, 6.07) is 15.4. The number of amides is 1. The van der Waals surface area contributed by atoms with Gasteiger partial charge in [0.1, 0.15) is 0 Å². The Hall–Kier alpha value is -3.67. The van der Waals surface area contributed by atoms with Crippen LogP contribution in [0, 0.1) is 0 Å². The lowest BCUT2D eigenvalue weighted by molar-refractivity contribution is -0.115. The highest BCUT2D eigenvalue weighted by Gasteiger charge is 2.28. The van der Waals surface area contributed by atoms with Gasteiger partial charge < -0.3 is 4.98 Å². The summed E-state index contributed by atoms with van der Waals surface area (Å²) < 4.78 is 1.83. The van der Waals surface area contributed by atoms with E-state index in [1.54, 1.807) is 24.2 Å². The van der Waals surface area contributed by atoms with Gasteiger partial charge in [0.05, 0.1) is 17.1 Å². The van der Waals surface area contributed by atoms with Gasteiger partial charge in [-0.15, -0.1) is 0 Å². The van der Waals surface area contributed by atoms with E-state index in [4.69, 9.17) is 0 Å². The van der Waals surface area contributed by atoms with E-state index in [9.17, 15) is 9.59 Å². The summed E-state index contributed by atoms with van der Waals surface area (Å²) in [6.45, 7) is 1.56. The fraction of sp³-hybridized carbons (Fsp3) is 0.0952. The standard InChI is InChI=1S/C21H16N4O2/c1-13(26)25(14-6-3-2-4-7-14)17-9-5-8-15-16(17)12-18-19(15)23-21(27)20-22-10-11-24(18)20/h2-11H,12H2,1H3,(H,23,27). The second-order valence-corrected chi connectivity index (χ2v) is 6.57. The molecule has 1 aliphatic rings. The monoisotopic (exact) mass is 356 g/mol. The Morgan fingerprint density at radius 3 is 2.74 bits per heavy atom. The molecule has 1 N–H and O–H groups in total. The quantitative estimate of drug-likeness (QED) is 0.528. The number of hydrogen-bond donors (Lipinski definition) is 1. The van der Waals surface area contributed by atoms with Crippen molar-refractivity contribution in [1.29, 1.82) is 0 Å². The van der Waals surface area contributed by atoms with Gasteiger partial charge in [-0.3, -0.25) is 18.9 Å². The normalized spacial score (nSPS) is 12.0. The Morgan fingerprint density at radius 2 is 1.96 bits per heavy atom. The molecule has 2 aromatic heterocycles. The van der Waals surface area contributed by atoms with Crippen molar-refractivity contribution in [1.82, 2.24) is 14.4 Å². The minimum atomic E-state index is -0.219. The van der Waals surface area contributed by atoms with Crippen LogP contribution in [0.1, 0.15) is 18.2 Å². The Morgan fingerprint density at radius 1 is 1.15 bits per heavy atom. The van der Waals surface area contributed by atoms with Crippen molar-refractivity contribution in [2.45, 2.75) is 13.3 Å². The maximum Gasteiger partial charge on any atom is 0.292 e. The van der Waals surface area contributed by atoms with Crippen molar-refractivity contribution in [2.75, 3.05) is 4.90 Å². The van der Waals surface area contributed by atoms with Gasteiger partial charge in [-0.2, -0.15) is 0 Å². The summed E-state index contributed by atoms with van der Waals surface area (Å²) in [7, 11) is 0. The summed E-state index contributed by atoms with van der Waals surface area (Å²) in [5.74, 6) is -0.0631. The average molecular weight is 356 g/mol. The molecule has 27 heavy (non-hydrogen) atoms. The van der Waals surface area contributed by atoms with Crippen LogP contribution < -0.4 is 10.5 Å². The molecule has 0 radical (unpaired) electrons. The van der Waals surface area contributed by atoms with Crippen LogP contribution in [0.3, 0.4) is 0 Å². The van der Waals surface area contributed by atoms with Gasteiger partial charge in [0.15, 0.2) is 0 Å². The number of nitrogens with zero attached hydrogens (tertiary/aromatic N) is 3. The van der Waals surface area contributed by atoms with Gasteiger partial charge >= 0.3 is 0 Å². The van der Waals surface area contributed by atoms with Gasteiger partial charge in [0.2, 0.25) is 11.6 Å². The van der Waals surface area contributed by atoms with Gasteiger partial charge in [-0.05, 0) is 23.8 Å². The highest BCUT2D eigenvalue weighted by molar-refractivity contribution is 6.01. The van der Waals surface area contributed by atoms with Gasteiger partial charge in [0.25, 0.3) is 5.56 Å². The number of aromatic amines is 1. The maximum atomic E-state index is 12.5. The number of fused-ring (bicyclic) bond motifs is 5. The van der Waals surface area contributed by atoms with E-state index in [1.807, 2.05) is 52.9 Å². The number of imidazole rings is 1. The van der Waals surface area contributed by atoms with Crippen molar-refractivity contribution in [3.63, 3.8) is 0 Å². The molecule has 1 aliphatic carbocycles. The Bertz CT molecular complexity index is 1250. The van der Waals surface area contributed by atoms with Crippen LogP contribution >= 0.6 is 0 Å². The van der Waals surface area contributed by atoms with Crippen LogP contribution in [0.4, 0.5) is 11.4 Å². The molecule has 2 aromatic carbocycles. The van der Waals surface area contributed by atoms with E-state index in [1.165, 1.54) is 0 Å². The second-order valence-electron chi connectivity index (χ2n) is 6.57. The third-order valence-electron chi connectivity index (χ3n) is 5.00. The molecule has 6 heteroatoms. The maximum absolute atomic E-state index is 12.5. The topological polar surface area (TPSA) is 70.5 Å². The third-order valence-corrected chi connectivity index (χ3v) is 5.00. The number of H-pyrrole nitrogens is 1. The zero-order valence-electron chi connectivity index (χ0n) is 14.6. The first-order chi connectivity index (χ1) is 13.1. The first-order valence-corrected chi connectivity index (χ1v) is 8.71. The van der Waals surface area contributed by atoms with Crippen LogP contribution in [0.5, 0.6) is 0 Å². The van der Waals surface area contributed by atoms with Crippen molar-refractivity contribution < 1.29 is 4.79 Å². The zero-order valence-corrected chi connectivity index (χ0v) is 14.6. The number of nitrogens with one attached hydrogen (secondary N) is 1. The number of benzene rings is 2. The lowest BCUT2D eigenvalue weighted by Gasteiger charge is -2.24. The smallest absolute Gasteiger partial charge is 0.292 e. The van der Waals surface area contributed by atoms with E-state index < -0.39 is 0 Å². The number of carbonyl (C=O) groups is 1. The highest BCUT2D eigenvalue weighted by atomic mass is 16.2. The fourth-order valence-electron chi connectivity index (χ4n) is 3.89. The molecule has 0 spiro atoms. The summed E-state index contributed by atoms with van der Waals surface area (Å²) >= 11 is 0. The van der Waals surface area contributed by atoms with Crippen molar-refractivity contribution in [3.05, 3.63) is 82.5 Å². The lowest BCUT2D eigenvalue weighted by atomic mass is 10.1. The molecule has 0 saturated heterocycles. The molecular formula is C21H16N4O2. The van der Waals surface area contributed by atoms with E-state index in [0.717, 1.165) is 33.9 Å². The molecule has 0 saturated carbocycles. The van der Waals surface area contributed by atoms with Gasteiger partial charge in [-0.1, -0.05) is 30.3 Å². The molecule has 0 aliphatic heterocycles. The molecule has 132 valence electrons. The second kappa shape index (κ2) is 5.67. The first-order valence-electron chi connectivity index (χ1n) is 8.71. The number of aromatic nitrogens is 3. The van der Waals surface area contributed by atoms with E-state index in [2.05, 4.69) is 9.97 Å². The molecule has 5 rings (SSSR count). The van der Waals surface area contributed by atoms with Crippen molar-refractivity contribution in [3.8, 4) is 11.3 Å². The Kier molecular flexibility index (Phi) is 3.27. The molecule has 0 fully saturated rings. The Labute approximate surface area is 154 Å². The number of hydrogen-bond acceptors (Lipinski definition) is 3. The summed E-state index contributed by atoms with van der Waals surface area (Å²) in [6.07, 6.45) is 4.04.